The second-order valence-electron chi connectivity index (χ2n) is 4.28. The molecule has 10 nitrogen and oxygen atoms in total. The molecule has 0 saturated carbocycles. The number of hydrogen-bond donors (Lipinski definition) is 3. The predicted octanol–water partition coefficient (Wildman–Crippen LogP) is -1.77. The van der Waals surface area contributed by atoms with Gasteiger partial charge >= 0.3 is 18.0 Å². The Balaban J connectivity index is 2.80. The molecule has 0 aliphatic carbocycles. The highest BCUT2D eigenvalue weighted by Crippen LogP contribution is 2.13. The minimum atomic E-state index is -3.78. The summed E-state index contributed by atoms with van der Waals surface area (Å²) < 4.78 is 23.0. The van der Waals surface area contributed by atoms with Gasteiger partial charge in [-0.25, -0.2) is 32.0 Å². The number of hydrogen-bond acceptors (Lipinski definition) is 6. The Labute approximate surface area is 115 Å². The van der Waals surface area contributed by atoms with Gasteiger partial charge in [0.15, 0.2) is 6.04 Å². The SMILES string of the molecule is C[C@H](O)[C@@H](NC(=O)N1CCN(S(C)(=O)=O)C1=O)C(=O)O. The Kier molecular flexibility index (Phi) is 4.55. The zero-order chi connectivity index (χ0) is 15.7. The number of nitrogens with zero attached hydrogens (tertiary/aromatic N) is 2. The number of aliphatic carboxylic acids is 1. The topological polar surface area (TPSA) is 144 Å². The van der Waals surface area contributed by atoms with Crippen LogP contribution in [-0.2, 0) is 14.8 Å². The fraction of sp³-hybridized carbons (Fsp3) is 0.667. The van der Waals surface area contributed by atoms with Gasteiger partial charge in [-0.3, -0.25) is 0 Å². The summed E-state index contributed by atoms with van der Waals surface area (Å²) in [6.45, 7) is 0.773. The molecule has 0 bridgehead atoms. The van der Waals surface area contributed by atoms with E-state index >= 15 is 0 Å². The van der Waals surface area contributed by atoms with Crippen LogP contribution in [0.4, 0.5) is 9.59 Å². The Morgan fingerprint density at radius 3 is 2.25 bits per heavy atom. The van der Waals surface area contributed by atoms with Crippen LogP contribution < -0.4 is 5.32 Å². The summed E-state index contributed by atoms with van der Waals surface area (Å²) in [4.78, 5) is 34.8. The molecule has 2 atom stereocenters. The number of aliphatic hydroxyl groups is 1. The van der Waals surface area contributed by atoms with E-state index in [4.69, 9.17) is 5.11 Å². The number of carboxylic acids is 1. The van der Waals surface area contributed by atoms with Gasteiger partial charge in [0.25, 0.3) is 0 Å². The number of nitrogens with one attached hydrogen (secondary N) is 1. The van der Waals surface area contributed by atoms with E-state index in [0.717, 1.165) is 13.2 Å². The average Bonchev–Trinajstić information content (AvgIpc) is 2.66. The van der Waals surface area contributed by atoms with Crippen LogP contribution in [0.2, 0.25) is 0 Å². The number of carbonyl (C=O) groups is 3. The van der Waals surface area contributed by atoms with Gasteiger partial charge in [-0.1, -0.05) is 0 Å². The average molecular weight is 309 g/mol. The van der Waals surface area contributed by atoms with Gasteiger partial charge in [0.1, 0.15) is 0 Å². The molecule has 0 aromatic carbocycles. The number of sulfonamides is 1. The molecule has 20 heavy (non-hydrogen) atoms. The first-order valence-electron chi connectivity index (χ1n) is 5.56. The van der Waals surface area contributed by atoms with Crippen molar-refractivity contribution in [2.75, 3.05) is 19.3 Å². The third-order valence-electron chi connectivity index (χ3n) is 2.64. The second kappa shape index (κ2) is 5.63. The number of aliphatic hydroxyl groups excluding tert-OH is 1. The van der Waals surface area contributed by atoms with E-state index < -0.39 is 40.2 Å². The second-order valence-corrected chi connectivity index (χ2v) is 6.18. The summed E-state index contributed by atoms with van der Waals surface area (Å²) in [7, 11) is -3.78. The minimum Gasteiger partial charge on any atom is -0.480 e. The molecule has 1 rings (SSSR count). The maximum atomic E-state index is 11.7. The number of amides is 4. The third kappa shape index (κ3) is 3.36. The fourth-order valence-electron chi connectivity index (χ4n) is 1.61. The molecule has 0 spiro atoms. The minimum absolute atomic E-state index is 0.191. The standard InChI is InChI=1S/C9H15N3O7S/c1-5(13)6(7(14)15)10-8(16)11-3-4-12(9(11)17)20(2,18)19/h5-6,13H,3-4H2,1-2H3,(H,10,16)(H,14,15)/t5-,6+/m0/s1. The van der Waals surface area contributed by atoms with Crippen molar-refractivity contribution in [2.45, 2.75) is 19.1 Å². The molecule has 0 radical (unpaired) electrons. The molecular formula is C9H15N3O7S. The molecule has 11 heteroatoms. The van der Waals surface area contributed by atoms with Crippen molar-refractivity contribution in [3.63, 3.8) is 0 Å². The van der Waals surface area contributed by atoms with Gasteiger partial charge in [0, 0.05) is 0 Å². The molecule has 1 fully saturated rings. The summed E-state index contributed by atoms with van der Waals surface area (Å²) in [5.41, 5.74) is 0. The van der Waals surface area contributed by atoms with Gasteiger partial charge in [0.05, 0.1) is 25.4 Å². The predicted molar refractivity (Wildman–Crippen MR) is 65.3 cm³/mol. The zero-order valence-corrected chi connectivity index (χ0v) is 11.6. The van der Waals surface area contributed by atoms with Crippen LogP contribution in [0.1, 0.15) is 6.92 Å². The number of imide groups is 1. The van der Waals surface area contributed by atoms with Crippen molar-refractivity contribution in [3.8, 4) is 0 Å². The molecule has 0 aromatic rings. The lowest BCUT2D eigenvalue weighted by atomic mass is 10.2. The largest absolute Gasteiger partial charge is 0.480 e. The van der Waals surface area contributed by atoms with Gasteiger partial charge in [-0.2, -0.15) is 0 Å². The first kappa shape index (κ1) is 16.2. The first-order chi connectivity index (χ1) is 9.05. The molecule has 114 valence electrons. The van der Waals surface area contributed by atoms with Crippen molar-refractivity contribution in [1.29, 1.82) is 0 Å². The van der Waals surface area contributed by atoms with Crippen LogP contribution in [-0.4, -0.2) is 77.4 Å². The molecule has 0 unspecified atom stereocenters. The zero-order valence-electron chi connectivity index (χ0n) is 10.8. The number of carbonyl (C=O) groups excluding carboxylic acids is 2. The van der Waals surface area contributed by atoms with Crippen LogP contribution in [0.3, 0.4) is 0 Å². The highest BCUT2D eigenvalue weighted by Gasteiger charge is 2.39. The molecule has 4 amide bonds. The number of carboxylic acid groups (broad SMARTS) is 1. The lowest BCUT2D eigenvalue weighted by molar-refractivity contribution is -0.141. The van der Waals surface area contributed by atoms with Gasteiger partial charge in [-0.05, 0) is 6.92 Å². The summed E-state index contributed by atoms with van der Waals surface area (Å²) >= 11 is 0. The van der Waals surface area contributed by atoms with Crippen molar-refractivity contribution in [1.82, 2.24) is 14.5 Å². The van der Waals surface area contributed by atoms with E-state index in [1.807, 2.05) is 5.32 Å². The van der Waals surface area contributed by atoms with E-state index in [9.17, 15) is 27.9 Å². The Morgan fingerprint density at radius 2 is 1.90 bits per heavy atom. The highest BCUT2D eigenvalue weighted by molar-refractivity contribution is 7.88. The van der Waals surface area contributed by atoms with Crippen molar-refractivity contribution >= 4 is 28.1 Å². The van der Waals surface area contributed by atoms with Crippen LogP contribution in [0.15, 0.2) is 0 Å². The van der Waals surface area contributed by atoms with E-state index in [1.165, 1.54) is 0 Å². The summed E-state index contributed by atoms with van der Waals surface area (Å²) in [6.07, 6.45) is -0.553. The van der Waals surface area contributed by atoms with E-state index in [2.05, 4.69) is 0 Å². The fourth-order valence-corrected chi connectivity index (χ4v) is 2.41. The monoisotopic (exact) mass is 309 g/mol. The van der Waals surface area contributed by atoms with Crippen molar-refractivity contribution in [3.05, 3.63) is 0 Å². The maximum Gasteiger partial charge on any atom is 0.341 e. The Hall–Kier alpha value is -1.88. The smallest absolute Gasteiger partial charge is 0.341 e. The Bertz CT molecular complexity index is 530. The van der Waals surface area contributed by atoms with Crippen LogP contribution in [0.5, 0.6) is 0 Å². The van der Waals surface area contributed by atoms with E-state index in [0.29, 0.717) is 9.21 Å². The lowest BCUT2D eigenvalue weighted by Crippen LogP contribution is -2.53. The molecule has 0 aromatic heterocycles. The molecule has 1 aliphatic rings. The summed E-state index contributed by atoms with van der Waals surface area (Å²) in [5.74, 6) is -1.47. The van der Waals surface area contributed by atoms with Gasteiger partial charge in [0.2, 0.25) is 10.0 Å². The van der Waals surface area contributed by atoms with Crippen LogP contribution >= 0.6 is 0 Å². The van der Waals surface area contributed by atoms with Crippen LogP contribution in [0.25, 0.3) is 0 Å². The van der Waals surface area contributed by atoms with E-state index in [1.54, 1.807) is 0 Å². The number of rotatable bonds is 4. The quantitative estimate of drug-likeness (QED) is 0.557. The van der Waals surface area contributed by atoms with Gasteiger partial charge < -0.3 is 15.5 Å². The summed E-state index contributed by atoms with van der Waals surface area (Å²) in [5, 5.41) is 20.0. The lowest BCUT2D eigenvalue weighted by Gasteiger charge is -2.21. The normalized spacial score (nSPS) is 18.9. The molecule has 1 aliphatic heterocycles. The van der Waals surface area contributed by atoms with Crippen molar-refractivity contribution in [2.24, 2.45) is 0 Å². The molecule has 1 saturated heterocycles. The van der Waals surface area contributed by atoms with Gasteiger partial charge in [-0.15, -0.1) is 0 Å². The van der Waals surface area contributed by atoms with E-state index in [-0.39, 0.29) is 13.1 Å². The van der Waals surface area contributed by atoms with Crippen molar-refractivity contribution < 1.29 is 33.0 Å². The molecular weight excluding hydrogens is 294 g/mol. The maximum absolute atomic E-state index is 11.7. The first-order valence-corrected chi connectivity index (χ1v) is 7.41. The highest BCUT2D eigenvalue weighted by atomic mass is 32.2. The Morgan fingerprint density at radius 1 is 1.35 bits per heavy atom. The third-order valence-corrected chi connectivity index (χ3v) is 3.78. The molecule has 1 heterocycles. The number of urea groups is 2. The summed E-state index contributed by atoms with van der Waals surface area (Å²) in [6, 6.07) is -3.73. The molecule has 3 N–H and O–H groups in total. The van der Waals surface area contributed by atoms with Crippen LogP contribution in [0, 0.1) is 0 Å².